The predicted octanol–water partition coefficient (Wildman–Crippen LogP) is 0.126. The number of imidazole rings is 1. The van der Waals surface area contributed by atoms with Crippen molar-refractivity contribution in [2.24, 2.45) is 0 Å². The van der Waals surface area contributed by atoms with E-state index in [1.807, 2.05) is 13.1 Å². The van der Waals surface area contributed by atoms with Crippen LogP contribution in [0, 0.1) is 6.92 Å². The van der Waals surface area contributed by atoms with Gasteiger partial charge in [0.1, 0.15) is 18.0 Å². The van der Waals surface area contributed by atoms with E-state index in [0.717, 1.165) is 23.9 Å². The topological polar surface area (TPSA) is 82.3 Å². The van der Waals surface area contributed by atoms with E-state index >= 15 is 0 Å². The first-order valence-electron chi connectivity index (χ1n) is 4.40. The zero-order valence-electron chi connectivity index (χ0n) is 7.91. The van der Waals surface area contributed by atoms with Crippen molar-refractivity contribution >= 4 is 0 Å². The molecule has 2 aromatic rings. The highest BCUT2D eigenvalue weighted by Gasteiger charge is 1.97. The van der Waals surface area contributed by atoms with E-state index < -0.39 is 0 Å². The van der Waals surface area contributed by atoms with Crippen LogP contribution in [0.4, 0.5) is 0 Å². The highest BCUT2D eigenvalue weighted by molar-refractivity contribution is 4.99. The Balaban J connectivity index is 1.78. The van der Waals surface area contributed by atoms with Gasteiger partial charge < -0.3 is 10.3 Å². The highest BCUT2D eigenvalue weighted by Crippen LogP contribution is 1.95. The van der Waals surface area contributed by atoms with Crippen LogP contribution in [-0.2, 0) is 13.1 Å². The van der Waals surface area contributed by atoms with Gasteiger partial charge in [-0.3, -0.25) is 5.10 Å². The minimum atomic E-state index is 0.679. The second kappa shape index (κ2) is 4.01. The molecule has 2 aromatic heterocycles. The van der Waals surface area contributed by atoms with Crippen LogP contribution in [0.1, 0.15) is 17.3 Å². The molecule has 0 saturated carbocycles. The van der Waals surface area contributed by atoms with Crippen LogP contribution in [0.2, 0.25) is 0 Å². The summed E-state index contributed by atoms with van der Waals surface area (Å²) in [7, 11) is 0. The molecule has 0 amide bonds. The molecule has 0 atom stereocenters. The molecule has 6 nitrogen and oxygen atoms in total. The summed E-state index contributed by atoms with van der Waals surface area (Å²) in [4.78, 5) is 11.2. The second-order valence-electron chi connectivity index (χ2n) is 3.03. The molecule has 2 rings (SSSR count). The third-order valence-corrected chi connectivity index (χ3v) is 1.83. The predicted molar refractivity (Wildman–Crippen MR) is 50.3 cm³/mol. The Morgan fingerprint density at radius 1 is 1.36 bits per heavy atom. The Morgan fingerprint density at radius 2 is 2.29 bits per heavy atom. The van der Waals surface area contributed by atoms with Crippen molar-refractivity contribution in [1.82, 2.24) is 30.5 Å². The van der Waals surface area contributed by atoms with Crippen molar-refractivity contribution in [3.05, 3.63) is 29.9 Å². The summed E-state index contributed by atoms with van der Waals surface area (Å²) < 4.78 is 0. The number of hydrogen-bond donors (Lipinski definition) is 3. The van der Waals surface area contributed by atoms with Crippen molar-refractivity contribution in [2.45, 2.75) is 20.0 Å². The molecule has 0 radical (unpaired) electrons. The van der Waals surface area contributed by atoms with Crippen LogP contribution < -0.4 is 5.32 Å². The number of aryl methyl sites for hydroxylation is 1. The molecule has 0 spiro atoms. The largest absolute Gasteiger partial charge is 0.345 e. The van der Waals surface area contributed by atoms with Gasteiger partial charge >= 0.3 is 0 Å². The third kappa shape index (κ3) is 2.17. The first-order chi connectivity index (χ1) is 6.84. The molecule has 0 fully saturated rings. The van der Waals surface area contributed by atoms with Crippen molar-refractivity contribution in [1.29, 1.82) is 0 Å². The summed E-state index contributed by atoms with van der Waals surface area (Å²) in [5, 5.41) is 9.75. The zero-order chi connectivity index (χ0) is 9.80. The lowest BCUT2D eigenvalue weighted by Crippen LogP contribution is -2.13. The summed E-state index contributed by atoms with van der Waals surface area (Å²) in [6.45, 7) is 3.36. The monoisotopic (exact) mass is 192 g/mol. The number of nitrogens with one attached hydrogen (secondary N) is 3. The molecule has 0 bridgehead atoms. The number of rotatable bonds is 4. The van der Waals surface area contributed by atoms with Crippen molar-refractivity contribution < 1.29 is 0 Å². The molecule has 0 aliphatic heterocycles. The first-order valence-corrected chi connectivity index (χ1v) is 4.40. The minimum Gasteiger partial charge on any atom is -0.345 e. The van der Waals surface area contributed by atoms with Crippen molar-refractivity contribution in [3.63, 3.8) is 0 Å². The maximum Gasteiger partial charge on any atom is 0.138 e. The van der Waals surface area contributed by atoms with E-state index in [0.29, 0.717) is 6.54 Å². The van der Waals surface area contributed by atoms with Gasteiger partial charge in [-0.1, -0.05) is 0 Å². The standard InChI is InChI=1S/C8H12N6/c1-6-10-3-7(13-6)2-9-4-8-11-5-12-14-8/h3,5,9H,2,4H2,1H3,(H,10,13)(H,11,12,14). The van der Waals surface area contributed by atoms with E-state index in [-0.39, 0.29) is 0 Å². The quantitative estimate of drug-likeness (QED) is 0.643. The van der Waals surface area contributed by atoms with Gasteiger partial charge in [-0.15, -0.1) is 0 Å². The maximum atomic E-state index is 4.10. The smallest absolute Gasteiger partial charge is 0.138 e. The average Bonchev–Trinajstić information content (AvgIpc) is 2.77. The van der Waals surface area contributed by atoms with Gasteiger partial charge in [-0.25, -0.2) is 9.97 Å². The number of nitrogens with zero attached hydrogens (tertiary/aromatic N) is 3. The summed E-state index contributed by atoms with van der Waals surface area (Å²) in [6.07, 6.45) is 3.32. The van der Waals surface area contributed by atoms with Gasteiger partial charge in [0.15, 0.2) is 0 Å². The second-order valence-corrected chi connectivity index (χ2v) is 3.03. The molecule has 0 aromatic carbocycles. The Bertz CT molecular complexity index is 376. The fourth-order valence-electron chi connectivity index (χ4n) is 1.19. The molecule has 2 heterocycles. The van der Waals surface area contributed by atoms with E-state index in [4.69, 9.17) is 0 Å². The fraction of sp³-hybridized carbons (Fsp3) is 0.375. The molecular formula is C8H12N6. The van der Waals surface area contributed by atoms with Crippen LogP contribution in [-0.4, -0.2) is 25.1 Å². The average molecular weight is 192 g/mol. The maximum absolute atomic E-state index is 4.10. The molecule has 0 saturated heterocycles. The van der Waals surface area contributed by atoms with Gasteiger partial charge in [0, 0.05) is 18.4 Å². The fourth-order valence-corrected chi connectivity index (χ4v) is 1.19. The summed E-state index contributed by atoms with van der Waals surface area (Å²) >= 11 is 0. The van der Waals surface area contributed by atoms with Crippen LogP contribution in [0.3, 0.4) is 0 Å². The number of aromatic amines is 2. The number of H-pyrrole nitrogens is 2. The molecule has 6 heteroatoms. The van der Waals surface area contributed by atoms with E-state index in [9.17, 15) is 0 Å². The number of hydrogen-bond acceptors (Lipinski definition) is 4. The third-order valence-electron chi connectivity index (χ3n) is 1.83. The zero-order valence-corrected chi connectivity index (χ0v) is 7.91. The van der Waals surface area contributed by atoms with Gasteiger partial charge in [0.25, 0.3) is 0 Å². The number of aromatic nitrogens is 5. The van der Waals surface area contributed by atoms with Gasteiger partial charge in [0.2, 0.25) is 0 Å². The molecular weight excluding hydrogens is 180 g/mol. The Kier molecular flexibility index (Phi) is 2.55. The van der Waals surface area contributed by atoms with Crippen molar-refractivity contribution in [3.8, 4) is 0 Å². The summed E-state index contributed by atoms with van der Waals surface area (Å²) in [5.41, 5.74) is 1.07. The van der Waals surface area contributed by atoms with Crippen LogP contribution in [0.15, 0.2) is 12.5 Å². The van der Waals surface area contributed by atoms with Gasteiger partial charge in [-0.05, 0) is 6.92 Å². The molecule has 0 aliphatic carbocycles. The Morgan fingerprint density at radius 3 is 2.93 bits per heavy atom. The summed E-state index contributed by atoms with van der Waals surface area (Å²) in [6, 6.07) is 0. The molecule has 74 valence electrons. The highest BCUT2D eigenvalue weighted by atomic mass is 15.2. The minimum absolute atomic E-state index is 0.679. The lowest BCUT2D eigenvalue weighted by Gasteiger charge is -1.98. The van der Waals surface area contributed by atoms with Crippen molar-refractivity contribution in [2.75, 3.05) is 0 Å². The van der Waals surface area contributed by atoms with E-state index in [1.54, 1.807) is 0 Å². The lowest BCUT2D eigenvalue weighted by molar-refractivity contribution is 0.655. The molecule has 0 unspecified atom stereocenters. The molecule has 0 aliphatic rings. The summed E-state index contributed by atoms with van der Waals surface area (Å²) in [5.74, 6) is 1.77. The Hall–Kier alpha value is -1.69. The molecule has 14 heavy (non-hydrogen) atoms. The lowest BCUT2D eigenvalue weighted by atomic mass is 10.4. The normalized spacial score (nSPS) is 10.6. The van der Waals surface area contributed by atoms with Gasteiger partial charge in [0.05, 0.1) is 6.54 Å². The van der Waals surface area contributed by atoms with Crippen LogP contribution in [0.25, 0.3) is 0 Å². The SMILES string of the molecule is Cc1ncc(CNCc2ncn[nH]2)[nH]1. The van der Waals surface area contributed by atoms with E-state index in [1.165, 1.54) is 6.33 Å². The van der Waals surface area contributed by atoms with Crippen LogP contribution >= 0.6 is 0 Å². The first kappa shape index (κ1) is 8.89. The van der Waals surface area contributed by atoms with Gasteiger partial charge in [-0.2, -0.15) is 5.10 Å². The Labute approximate surface area is 81.2 Å². The van der Waals surface area contributed by atoms with Crippen LogP contribution in [0.5, 0.6) is 0 Å². The molecule has 3 N–H and O–H groups in total. The van der Waals surface area contributed by atoms with E-state index in [2.05, 4.69) is 30.5 Å².